The van der Waals surface area contributed by atoms with Gasteiger partial charge in [0, 0.05) is 22.5 Å². The van der Waals surface area contributed by atoms with Gasteiger partial charge in [-0.25, -0.2) is 8.42 Å². The van der Waals surface area contributed by atoms with Crippen LogP contribution in [0, 0.1) is 13.8 Å². The SMILES string of the molecule is Cc1ccc(S(=O)(=O)N2CC(C(=O)Nc3ccc4c(c3)oc3ccccc34)Oc3cc(C)ccc32)cc1. The van der Waals surface area contributed by atoms with Gasteiger partial charge in [0.2, 0.25) is 0 Å². The summed E-state index contributed by atoms with van der Waals surface area (Å²) in [5.74, 6) is -0.110. The number of carbonyl (C=O) groups is 1. The number of ether oxygens (including phenoxy) is 1. The molecule has 5 aromatic rings. The van der Waals surface area contributed by atoms with Crippen LogP contribution in [0.2, 0.25) is 0 Å². The van der Waals surface area contributed by atoms with Gasteiger partial charge in [0.1, 0.15) is 16.9 Å². The van der Waals surface area contributed by atoms with Crippen LogP contribution >= 0.6 is 0 Å². The second-order valence-corrected chi connectivity index (χ2v) is 11.1. The van der Waals surface area contributed by atoms with Crippen LogP contribution in [-0.2, 0) is 14.8 Å². The number of fused-ring (bicyclic) bond motifs is 4. The first kappa shape index (κ1) is 23.1. The summed E-state index contributed by atoms with van der Waals surface area (Å²) in [7, 11) is -3.93. The molecular formula is C29H24N2O5S. The Morgan fingerprint density at radius 3 is 2.41 bits per heavy atom. The third-order valence-electron chi connectivity index (χ3n) is 6.53. The zero-order chi connectivity index (χ0) is 25.7. The number of hydrogen-bond donors (Lipinski definition) is 1. The Labute approximate surface area is 214 Å². The molecule has 2 heterocycles. The molecule has 1 atom stereocenters. The average Bonchev–Trinajstić information content (AvgIpc) is 3.25. The van der Waals surface area contributed by atoms with Crippen LogP contribution in [0.15, 0.2) is 94.2 Å². The fraction of sp³-hybridized carbons (Fsp3) is 0.138. The molecule has 1 unspecified atom stereocenters. The number of carbonyl (C=O) groups excluding carboxylic acids is 1. The lowest BCUT2D eigenvalue weighted by molar-refractivity contribution is -0.122. The standard InChI is InChI=1S/C29H24N2O5S/c1-18-7-11-21(12-8-18)37(33,34)31-17-28(36-27-15-19(2)9-14-24(27)31)29(32)30-20-10-13-23-22-5-3-4-6-25(22)35-26(23)16-20/h3-16,28H,17H2,1-2H3,(H,30,32). The van der Waals surface area contributed by atoms with Gasteiger partial charge in [-0.2, -0.15) is 0 Å². The molecular weight excluding hydrogens is 488 g/mol. The second-order valence-electron chi connectivity index (χ2n) is 9.23. The zero-order valence-corrected chi connectivity index (χ0v) is 21.1. The summed E-state index contributed by atoms with van der Waals surface area (Å²) in [5.41, 5.74) is 4.19. The number of nitrogens with one attached hydrogen (secondary N) is 1. The van der Waals surface area contributed by atoms with E-state index in [0.29, 0.717) is 22.7 Å². The lowest BCUT2D eigenvalue weighted by Gasteiger charge is -2.35. The first-order chi connectivity index (χ1) is 17.8. The van der Waals surface area contributed by atoms with Gasteiger partial charge in [-0.05, 0) is 61.9 Å². The molecule has 1 amide bonds. The molecule has 0 saturated carbocycles. The van der Waals surface area contributed by atoms with Crippen molar-refractivity contribution in [3.8, 4) is 5.75 Å². The van der Waals surface area contributed by atoms with Gasteiger partial charge < -0.3 is 14.5 Å². The summed E-state index contributed by atoms with van der Waals surface area (Å²) in [6.45, 7) is 3.62. The molecule has 1 aliphatic rings. The molecule has 6 rings (SSSR count). The minimum absolute atomic E-state index is 0.154. The zero-order valence-electron chi connectivity index (χ0n) is 20.3. The highest BCUT2D eigenvalue weighted by Gasteiger charge is 2.37. The van der Waals surface area contributed by atoms with Gasteiger partial charge in [-0.3, -0.25) is 9.10 Å². The third-order valence-corrected chi connectivity index (χ3v) is 8.33. The number of aryl methyl sites for hydroxylation is 2. The van der Waals surface area contributed by atoms with Gasteiger partial charge in [-0.15, -0.1) is 0 Å². The van der Waals surface area contributed by atoms with Crippen LogP contribution in [0.25, 0.3) is 21.9 Å². The number of para-hydroxylation sites is 1. The van der Waals surface area contributed by atoms with Crippen molar-refractivity contribution in [3.63, 3.8) is 0 Å². The Balaban J connectivity index is 1.32. The largest absolute Gasteiger partial charge is 0.476 e. The van der Waals surface area contributed by atoms with Crippen molar-refractivity contribution in [2.24, 2.45) is 0 Å². The first-order valence-corrected chi connectivity index (χ1v) is 13.3. The van der Waals surface area contributed by atoms with Crippen LogP contribution in [0.5, 0.6) is 5.75 Å². The van der Waals surface area contributed by atoms with Gasteiger partial charge in [0.05, 0.1) is 17.1 Å². The Morgan fingerprint density at radius 2 is 1.59 bits per heavy atom. The van der Waals surface area contributed by atoms with Crippen LogP contribution in [0.4, 0.5) is 11.4 Å². The van der Waals surface area contributed by atoms with Crippen molar-refractivity contribution in [1.82, 2.24) is 0 Å². The number of amides is 1. The molecule has 0 radical (unpaired) electrons. The summed E-state index contributed by atoms with van der Waals surface area (Å²) in [4.78, 5) is 13.5. The Bertz CT molecular complexity index is 1770. The van der Waals surface area contributed by atoms with Crippen LogP contribution in [-0.4, -0.2) is 27.0 Å². The van der Waals surface area contributed by atoms with Gasteiger partial charge in [-0.1, -0.05) is 42.0 Å². The average molecular weight is 513 g/mol. The number of benzene rings is 4. The van der Waals surface area contributed by atoms with Crippen molar-refractivity contribution >= 4 is 49.2 Å². The smallest absolute Gasteiger partial charge is 0.267 e. The third kappa shape index (κ3) is 4.09. The number of furan rings is 1. The van der Waals surface area contributed by atoms with Crippen LogP contribution in [0.3, 0.4) is 0 Å². The van der Waals surface area contributed by atoms with E-state index in [2.05, 4.69) is 5.32 Å². The van der Waals surface area contributed by atoms with Gasteiger partial charge >= 0.3 is 0 Å². The second kappa shape index (κ2) is 8.67. The minimum atomic E-state index is -3.93. The van der Waals surface area contributed by atoms with Gasteiger partial charge in [0.25, 0.3) is 15.9 Å². The van der Waals surface area contributed by atoms with Crippen molar-refractivity contribution in [2.75, 3.05) is 16.2 Å². The van der Waals surface area contributed by atoms with E-state index >= 15 is 0 Å². The van der Waals surface area contributed by atoms with Gasteiger partial charge in [0.15, 0.2) is 6.10 Å². The Hall–Kier alpha value is -4.30. The van der Waals surface area contributed by atoms with E-state index in [4.69, 9.17) is 9.15 Å². The summed E-state index contributed by atoms with van der Waals surface area (Å²) in [6, 6.07) is 25.1. The fourth-order valence-electron chi connectivity index (χ4n) is 4.59. The molecule has 8 heteroatoms. The predicted molar refractivity (Wildman–Crippen MR) is 144 cm³/mol. The molecule has 0 fully saturated rings. The topological polar surface area (TPSA) is 88.9 Å². The first-order valence-electron chi connectivity index (χ1n) is 11.9. The quantitative estimate of drug-likeness (QED) is 0.329. The van der Waals surface area contributed by atoms with E-state index in [1.807, 2.05) is 50.2 Å². The summed E-state index contributed by atoms with van der Waals surface area (Å²) < 4.78 is 40.5. The molecule has 37 heavy (non-hydrogen) atoms. The van der Waals surface area contributed by atoms with E-state index in [1.165, 1.54) is 4.31 Å². The molecule has 1 N–H and O–H groups in total. The van der Waals surface area contributed by atoms with E-state index < -0.39 is 22.0 Å². The van der Waals surface area contributed by atoms with Crippen molar-refractivity contribution in [3.05, 3.63) is 96.1 Å². The molecule has 0 spiro atoms. The molecule has 186 valence electrons. The minimum Gasteiger partial charge on any atom is -0.476 e. The monoisotopic (exact) mass is 512 g/mol. The summed E-state index contributed by atoms with van der Waals surface area (Å²) >= 11 is 0. The Kier molecular flexibility index (Phi) is 5.42. The normalized spacial score (nSPS) is 15.4. The summed E-state index contributed by atoms with van der Waals surface area (Å²) in [6.07, 6.45) is -1.05. The maximum atomic E-state index is 13.6. The number of nitrogens with zero attached hydrogens (tertiary/aromatic N) is 1. The number of hydrogen-bond acceptors (Lipinski definition) is 5. The van der Waals surface area contributed by atoms with Crippen molar-refractivity contribution < 1.29 is 22.4 Å². The highest BCUT2D eigenvalue weighted by molar-refractivity contribution is 7.92. The Morgan fingerprint density at radius 1 is 0.865 bits per heavy atom. The number of rotatable bonds is 4. The van der Waals surface area contributed by atoms with E-state index in [-0.39, 0.29) is 11.4 Å². The lowest BCUT2D eigenvalue weighted by Crippen LogP contribution is -2.48. The molecule has 0 bridgehead atoms. The highest BCUT2D eigenvalue weighted by atomic mass is 32.2. The predicted octanol–water partition coefficient (Wildman–Crippen LogP) is 5.80. The molecule has 1 aromatic heterocycles. The number of sulfonamides is 1. The number of anilines is 2. The van der Waals surface area contributed by atoms with E-state index in [0.717, 1.165) is 27.5 Å². The van der Waals surface area contributed by atoms with Crippen LogP contribution < -0.4 is 14.4 Å². The maximum absolute atomic E-state index is 13.6. The molecule has 0 aliphatic carbocycles. The maximum Gasteiger partial charge on any atom is 0.267 e. The molecule has 1 aliphatic heterocycles. The fourth-order valence-corrected chi connectivity index (χ4v) is 6.07. The van der Waals surface area contributed by atoms with Crippen molar-refractivity contribution in [1.29, 1.82) is 0 Å². The molecule has 0 saturated heterocycles. The molecule has 7 nitrogen and oxygen atoms in total. The summed E-state index contributed by atoms with van der Waals surface area (Å²) in [5, 5.41) is 4.81. The lowest BCUT2D eigenvalue weighted by atomic mass is 10.1. The molecule has 4 aromatic carbocycles. The van der Waals surface area contributed by atoms with E-state index in [1.54, 1.807) is 48.5 Å². The van der Waals surface area contributed by atoms with E-state index in [9.17, 15) is 13.2 Å². The van der Waals surface area contributed by atoms with Crippen LogP contribution in [0.1, 0.15) is 11.1 Å². The highest BCUT2D eigenvalue weighted by Crippen LogP contribution is 2.38. The van der Waals surface area contributed by atoms with Crippen molar-refractivity contribution in [2.45, 2.75) is 24.8 Å².